The van der Waals surface area contributed by atoms with E-state index in [1.165, 1.54) is 25.1 Å². The third-order valence-electron chi connectivity index (χ3n) is 7.93. The topological polar surface area (TPSA) is 168 Å². The van der Waals surface area contributed by atoms with Gasteiger partial charge >= 0.3 is 0 Å². The second-order valence-electron chi connectivity index (χ2n) is 10.2. The number of phenolic OH excluding ortho intramolecular Hbond substituents is 1. The molecule has 2 fully saturated rings. The van der Waals surface area contributed by atoms with E-state index in [0.29, 0.717) is 16.8 Å². The summed E-state index contributed by atoms with van der Waals surface area (Å²) in [6, 6.07) is 6.99. The molecule has 3 aliphatic rings. The monoisotopic (exact) mass is 515 g/mol. The van der Waals surface area contributed by atoms with Gasteiger partial charge in [-0.05, 0) is 68.6 Å². The van der Waals surface area contributed by atoms with Crippen LogP contribution in [0.5, 0.6) is 5.75 Å². The van der Waals surface area contributed by atoms with Gasteiger partial charge in [-0.3, -0.25) is 28.9 Å². The highest BCUT2D eigenvalue weighted by Crippen LogP contribution is 2.50. The van der Waals surface area contributed by atoms with E-state index in [0.717, 1.165) is 0 Å². The third kappa shape index (κ3) is 3.58. The van der Waals surface area contributed by atoms with Gasteiger partial charge in [-0.15, -0.1) is 0 Å². The number of aliphatic hydroxyl groups is 1. The van der Waals surface area contributed by atoms with Crippen LogP contribution in [0, 0.1) is 35.5 Å². The number of nitrogens with zero attached hydrogens (tertiary/aromatic N) is 2. The van der Waals surface area contributed by atoms with Crippen LogP contribution in [-0.4, -0.2) is 74.9 Å². The molecule has 1 heterocycles. The van der Waals surface area contributed by atoms with Crippen molar-refractivity contribution in [2.24, 2.45) is 29.4 Å². The number of hydrogen-bond donors (Lipinski definition) is 3. The number of hydrogen-bond acceptors (Lipinski definition) is 9. The van der Waals surface area contributed by atoms with Gasteiger partial charge in [0.25, 0.3) is 0 Å². The Hall–Kier alpha value is -4.20. The van der Waals surface area contributed by atoms with Gasteiger partial charge in [-0.25, -0.2) is 4.98 Å². The Morgan fingerprint density at radius 2 is 1.84 bits per heavy atom. The molecular weight excluding hydrogens is 490 g/mol. The first-order valence-electron chi connectivity index (χ1n) is 12.1. The number of carbonyl (C=O) groups is 5. The van der Waals surface area contributed by atoms with Crippen LogP contribution in [0.1, 0.15) is 33.6 Å². The number of carbonyl (C=O) groups excluding carboxylic acids is 5. The summed E-state index contributed by atoms with van der Waals surface area (Å²) >= 11 is 0. The molecule has 0 spiro atoms. The zero-order valence-corrected chi connectivity index (χ0v) is 20.7. The number of rotatable bonds is 2. The molecule has 0 bridgehead atoms. The number of Topliss-reactive ketones (excluding diaryl/α,β-unsaturated/α-hetero) is 4. The predicted molar refractivity (Wildman–Crippen MR) is 132 cm³/mol. The fraction of sp³-hybridized carbons (Fsp3) is 0.357. The van der Waals surface area contributed by atoms with E-state index >= 15 is 0 Å². The number of fused-ring (bicyclic) bond motifs is 3. The standard InChI is InChI=1S/C28H25N3O7/c1-31(2)22-17-12-14-11-16-13(6-8-15-5-3-4-10-30-15)7-9-18(32)20(16)23(33)19(14)25(35)28(17,38)26(36)21(24(22)34)27(29)37/h3-5,7,9-10,14,17,19,21-22,32,38H,11-12H2,1-2H3,(H2,29,37)/t14-,17-,19?,21?,22-,28-/m1/s1. The largest absolute Gasteiger partial charge is 0.507 e. The number of aromatic hydroxyl groups is 1. The van der Waals surface area contributed by atoms with Crippen molar-refractivity contribution < 1.29 is 34.2 Å². The maximum atomic E-state index is 13.8. The van der Waals surface area contributed by atoms with Gasteiger partial charge in [-0.2, -0.15) is 0 Å². The molecule has 1 aromatic carbocycles. The molecule has 4 N–H and O–H groups in total. The van der Waals surface area contributed by atoms with Crippen LogP contribution in [0.4, 0.5) is 0 Å². The number of benzene rings is 1. The van der Waals surface area contributed by atoms with E-state index in [1.54, 1.807) is 30.5 Å². The average Bonchev–Trinajstić information content (AvgIpc) is 2.86. The lowest BCUT2D eigenvalue weighted by Crippen LogP contribution is -2.74. The molecule has 38 heavy (non-hydrogen) atoms. The van der Waals surface area contributed by atoms with Crippen molar-refractivity contribution in [2.45, 2.75) is 24.5 Å². The maximum absolute atomic E-state index is 13.8. The van der Waals surface area contributed by atoms with Crippen LogP contribution >= 0.6 is 0 Å². The molecule has 6 atom stereocenters. The fourth-order valence-corrected chi connectivity index (χ4v) is 6.29. The number of pyridine rings is 1. The Balaban J connectivity index is 1.62. The first kappa shape index (κ1) is 25.4. The van der Waals surface area contributed by atoms with E-state index in [4.69, 9.17) is 5.73 Å². The minimum absolute atomic E-state index is 0.0212. The summed E-state index contributed by atoms with van der Waals surface area (Å²) in [7, 11) is 3.08. The Morgan fingerprint density at radius 3 is 2.47 bits per heavy atom. The van der Waals surface area contributed by atoms with Gasteiger partial charge in [0, 0.05) is 17.7 Å². The maximum Gasteiger partial charge on any atom is 0.235 e. The Morgan fingerprint density at radius 1 is 1.11 bits per heavy atom. The summed E-state index contributed by atoms with van der Waals surface area (Å²) in [4.78, 5) is 71.6. The number of ketones is 4. The highest BCUT2D eigenvalue weighted by Gasteiger charge is 2.69. The molecule has 2 unspecified atom stereocenters. The molecule has 2 aromatic rings. The van der Waals surface area contributed by atoms with Crippen molar-refractivity contribution in [1.82, 2.24) is 9.88 Å². The SMILES string of the molecule is CN(C)[C@H]1C(=O)C(C(N)=O)C(=O)[C@]2(O)C(=O)C3C(=O)c4c(O)ccc(C#Cc5ccccn5)c4C[C@@H]3C[C@H]12. The van der Waals surface area contributed by atoms with Crippen molar-refractivity contribution in [3.63, 3.8) is 0 Å². The Kier molecular flexibility index (Phi) is 6.01. The lowest BCUT2D eigenvalue weighted by molar-refractivity contribution is -0.181. The van der Waals surface area contributed by atoms with Crippen molar-refractivity contribution in [3.8, 4) is 17.6 Å². The second-order valence-corrected chi connectivity index (χ2v) is 10.2. The lowest BCUT2D eigenvalue weighted by Gasteiger charge is -2.52. The number of aromatic nitrogens is 1. The Bertz CT molecular complexity index is 1470. The van der Waals surface area contributed by atoms with E-state index in [-0.39, 0.29) is 24.2 Å². The fourth-order valence-electron chi connectivity index (χ4n) is 6.29. The molecule has 5 rings (SSSR count). The molecule has 10 nitrogen and oxygen atoms in total. The molecule has 0 saturated heterocycles. The van der Waals surface area contributed by atoms with Crippen molar-refractivity contribution in [3.05, 3.63) is 58.9 Å². The highest BCUT2D eigenvalue weighted by atomic mass is 16.3. The van der Waals surface area contributed by atoms with Gasteiger partial charge in [-0.1, -0.05) is 12.0 Å². The van der Waals surface area contributed by atoms with E-state index in [2.05, 4.69) is 16.8 Å². The number of nitrogens with two attached hydrogens (primary N) is 1. The molecule has 1 aromatic heterocycles. The number of primary amides is 1. The lowest BCUT2D eigenvalue weighted by atomic mass is 9.52. The summed E-state index contributed by atoms with van der Waals surface area (Å²) < 4.78 is 0. The van der Waals surface area contributed by atoms with Gasteiger partial charge in [0.15, 0.2) is 34.7 Å². The van der Waals surface area contributed by atoms with Gasteiger partial charge in [0.2, 0.25) is 5.91 Å². The molecule has 0 aliphatic heterocycles. The minimum atomic E-state index is -2.75. The first-order chi connectivity index (χ1) is 18.0. The normalized spacial score (nSPS) is 30.2. The van der Waals surface area contributed by atoms with E-state index < -0.39 is 64.4 Å². The Labute approximate surface area is 217 Å². The number of phenols is 1. The molecule has 2 saturated carbocycles. The number of likely N-dealkylation sites (N-methyl/N-ethyl adjacent to an activating group) is 1. The van der Waals surface area contributed by atoms with Gasteiger partial charge in [0.05, 0.1) is 17.5 Å². The van der Waals surface area contributed by atoms with Crippen LogP contribution in [0.15, 0.2) is 36.5 Å². The summed E-state index contributed by atoms with van der Waals surface area (Å²) in [6.45, 7) is 0. The van der Waals surface area contributed by atoms with Crippen LogP contribution < -0.4 is 5.73 Å². The van der Waals surface area contributed by atoms with Crippen LogP contribution in [0.25, 0.3) is 0 Å². The molecule has 1 amide bonds. The molecule has 0 radical (unpaired) electrons. The zero-order chi connectivity index (χ0) is 27.5. The second kappa shape index (κ2) is 8.97. The molecule has 10 heteroatoms. The van der Waals surface area contributed by atoms with Crippen molar-refractivity contribution >= 4 is 29.0 Å². The summed E-state index contributed by atoms with van der Waals surface area (Å²) in [5, 5.41) is 22.2. The van der Waals surface area contributed by atoms with E-state index in [1.807, 2.05) is 0 Å². The highest BCUT2D eigenvalue weighted by molar-refractivity contribution is 6.32. The predicted octanol–water partition coefficient (Wildman–Crippen LogP) is -0.338. The smallest absolute Gasteiger partial charge is 0.235 e. The molecule has 3 aliphatic carbocycles. The first-order valence-corrected chi connectivity index (χ1v) is 12.1. The summed E-state index contributed by atoms with van der Waals surface area (Å²) in [6.07, 6.45) is 1.72. The summed E-state index contributed by atoms with van der Waals surface area (Å²) in [5.41, 5.74) is 3.91. The van der Waals surface area contributed by atoms with Gasteiger partial charge in [0.1, 0.15) is 11.4 Å². The van der Waals surface area contributed by atoms with Crippen molar-refractivity contribution in [2.75, 3.05) is 14.1 Å². The zero-order valence-electron chi connectivity index (χ0n) is 20.7. The molecular formula is C28H25N3O7. The minimum Gasteiger partial charge on any atom is -0.507 e. The van der Waals surface area contributed by atoms with E-state index in [9.17, 15) is 34.2 Å². The van der Waals surface area contributed by atoms with Crippen molar-refractivity contribution in [1.29, 1.82) is 0 Å². The average molecular weight is 516 g/mol. The van der Waals surface area contributed by atoms with Crippen LogP contribution in [0.3, 0.4) is 0 Å². The number of amides is 1. The quantitative estimate of drug-likeness (QED) is 0.358. The third-order valence-corrected chi connectivity index (χ3v) is 7.93. The van der Waals surface area contributed by atoms with Crippen LogP contribution in [-0.2, 0) is 25.6 Å². The van der Waals surface area contributed by atoms with Crippen LogP contribution in [0.2, 0.25) is 0 Å². The summed E-state index contributed by atoms with van der Waals surface area (Å²) in [5.74, 6) is -4.88. The molecule has 194 valence electrons. The van der Waals surface area contributed by atoms with Gasteiger partial charge < -0.3 is 15.9 Å².